The molecule has 1 amide bonds. The Bertz CT molecular complexity index is 1030. The SMILES string of the molecule is CCc1cc(C(F)(F)F)n2nc([C@H]3CCCCN3C(=O)c3ccccn3)cc2n1. The molecule has 4 rings (SSSR count). The van der Waals surface area contributed by atoms with E-state index in [-0.39, 0.29) is 11.6 Å². The van der Waals surface area contributed by atoms with Crippen LogP contribution in [-0.4, -0.2) is 36.9 Å². The zero-order valence-corrected chi connectivity index (χ0v) is 15.9. The van der Waals surface area contributed by atoms with Crippen molar-refractivity contribution in [2.75, 3.05) is 6.54 Å². The summed E-state index contributed by atoms with van der Waals surface area (Å²) in [4.78, 5) is 23.0. The number of carbonyl (C=O) groups is 1. The monoisotopic (exact) mass is 403 g/mol. The molecule has 0 aromatic carbocycles. The van der Waals surface area contributed by atoms with E-state index < -0.39 is 17.9 Å². The Kier molecular flexibility index (Phi) is 4.97. The van der Waals surface area contributed by atoms with E-state index in [1.165, 1.54) is 0 Å². The highest BCUT2D eigenvalue weighted by Crippen LogP contribution is 2.34. The molecule has 3 aromatic rings. The van der Waals surface area contributed by atoms with Crippen LogP contribution >= 0.6 is 0 Å². The van der Waals surface area contributed by atoms with Crippen molar-refractivity contribution >= 4 is 11.6 Å². The summed E-state index contributed by atoms with van der Waals surface area (Å²) in [6.07, 6.45) is -0.301. The van der Waals surface area contributed by atoms with Crippen LogP contribution in [0.3, 0.4) is 0 Å². The molecule has 1 aliphatic heterocycles. The molecule has 1 aliphatic rings. The van der Waals surface area contributed by atoms with Crippen LogP contribution in [0.15, 0.2) is 36.5 Å². The molecule has 29 heavy (non-hydrogen) atoms. The molecule has 4 heterocycles. The summed E-state index contributed by atoms with van der Waals surface area (Å²) in [5.74, 6) is -0.245. The maximum Gasteiger partial charge on any atom is 0.433 e. The average molecular weight is 403 g/mol. The number of piperidine rings is 1. The van der Waals surface area contributed by atoms with Gasteiger partial charge in [0, 0.05) is 24.5 Å². The molecule has 0 radical (unpaired) electrons. The van der Waals surface area contributed by atoms with Crippen molar-refractivity contribution in [1.29, 1.82) is 0 Å². The fourth-order valence-electron chi connectivity index (χ4n) is 3.71. The maximum atomic E-state index is 13.6. The van der Waals surface area contributed by atoms with Crippen molar-refractivity contribution in [2.45, 2.75) is 44.8 Å². The lowest BCUT2D eigenvalue weighted by atomic mass is 9.99. The highest BCUT2D eigenvalue weighted by molar-refractivity contribution is 5.92. The largest absolute Gasteiger partial charge is 0.433 e. The maximum absolute atomic E-state index is 13.6. The Labute approximate surface area is 165 Å². The van der Waals surface area contributed by atoms with E-state index in [2.05, 4.69) is 15.1 Å². The van der Waals surface area contributed by atoms with E-state index in [0.717, 1.165) is 23.4 Å². The van der Waals surface area contributed by atoms with Crippen LogP contribution in [0.2, 0.25) is 0 Å². The molecule has 0 saturated carbocycles. The Morgan fingerprint density at radius 2 is 2.07 bits per heavy atom. The number of hydrogen-bond acceptors (Lipinski definition) is 4. The van der Waals surface area contributed by atoms with Crippen LogP contribution in [0.25, 0.3) is 5.65 Å². The number of rotatable bonds is 3. The van der Waals surface area contributed by atoms with Crippen molar-refractivity contribution < 1.29 is 18.0 Å². The van der Waals surface area contributed by atoms with Crippen molar-refractivity contribution in [1.82, 2.24) is 24.5 Å². The fraction of sp³-hybridized carbons (Fsp3) is 0.400. The lowest BCUT2D eigenvalue weighted by molar-refractivity contribution is -0.142. The van der Waals surface area contributed by atoms with Gasteiger partial charge in [-0.1, -0.05) is 13.0 Å². The second kappa shape index (κ2) is 7.46. The van der Waals surface area contributed by atoms with Crippen LogP contribution < -0.4 is 0 Å². The van der Waals surface area contributed by atoms with Crippen molar-refractivity contribution in [3.05, 3.63) is 59.3 Å². The van der Waals surface area contributed by atoms with Gasteiger partial charge in [0.25, 0.3) is 5.91 Å². The lowest BCUT2D eigenvalue weighted by Crippen LogP contribution is -2.39. The molecule has 0 aliphatic carbocycles. The highest BCUT2D eigenvalue weighted by Gasteiger charge is 2.36. The summed E-state index contributed by atoms with van der Waals surface area (Å²) in [5.41, 5.74) is 0.360. The van der Waals surface area contributed by atoms with Gasteiger partial charge < -0.3 is 4.90 Å². The summed E-state index contributed by atoms with van der Waals surface area (Å²) in [7, 11) is 0. The number of hydrogen-bond donors (Lipinski definition) is 0. The van der Waals surface area contributed by atoms with Gasteiger partial charge in [0.2, 0.25) is 0 Å². The Morgan fingerprint density at radius 1 is 1.24 bits per heavy atom. The van der Waals surface area contributed by atoms with Crippen molar-refractivity contribution in [2.24, 2.45) is 0 Å². The summed E-state index contributed by atoms with van der Waals surface area (Å²) in [6.45, 7) is 2.26. The third kappa shape index (κ3) is 3.68. The zero-order chi connectivity index (χ0) is 20.6. The first-order valence-electron chi connectivity index (χ1n) is 9.57. The third-order valence-corrected chi connectivity index (χ3v) is 5.14. The number of aryl methyl sites for hydroxylation is 1. The number of alkyl halides is 3. The predicted octanol–water partition coefficient (Wildman–Crippen LogP) is 4.07. The predicted molar refractivity (Wildman–Crippen MR) is 99.2 cm³/mol. The third-order valence-electron chi connectivity index (χ3n) is 5.14. The number of likely N-dealkylation sites (tertiary alicyclic amines) is 1. The smallest absolute Gasteiger partial charge is 0.329 e. The topological polar surface area (TPSA) is 63.4 Å². The van der Waals surface area contributed by atoms with E-state index >= 15 is 0 Å². The first kappa shape index (κ1) is 19.4. The van der Waals surface area contributed by atoms with Crippen molar-refractivity contribution in [3.8, 4) is 0 Å². The standard InChI is InChI=1S/C20H20F3N5O/c1-2-13-11-17(20(21,22)23)28-18(25-13)12-15(26-28)16-8-4-6-10-27(16)19(29)14-7-3-5-9-24-14/h3,5,7,9,11-12,16H,2,4,6,8,10H2,1H3/t16-/m1/s1. The molecular weight excluding hydrogens is 383 g/mol. The van der Waals surface area contributed by atoms with Gasteiger partial charge in [-0.05, 0) is 43.9 Å². The molecule has 0 unspecified atom stereocenters. The van der Waals surface area contributed by atoms with E-state index in [9.17, 15) is 18.0 Å². The highest BCUT2D eigenvalue weighted by atomic mass is 19.4. The second-order valence-electron chi connectivity index (χ2n) is 7.05. The minimum atomic E-state index is -4.55. The Hall–Kier alpha value is -2.97. The normalized spacial score (nSPS) is 17.7. The first-order chi connectivity index (χ1) is 13.9. The van der Waals surface area contributed by atoms with Crippen molar-refractivity contribution in [3.63, 3.8) is 0 Å². The molecule has 152 valence electrons. The van der Waals surface area contributed by atoms with Crippen LogP contribution in [0.4, 0.5) is 13.2 Å². The van der Waals surface area contributed by atoms with E-state index in [1.54, 1.807) is 42.3 Å². The molecular formula is C20H20F3N5O. The molecule has 0 N–H and O–H groups in total. The van der Waals surface area contributed by atoms with Gasteiger partial charge in [-0.3, -0.25) is 9.78 Å². The molecule has 9 heteroatoms. The van der Waals surface area contributed by atoms with Crippen LogP contribution in [0.5, 0.6) is 0 Å². The van der Waals surface area contributed by atoms with Crippen LogP contribution in [0.1, 0.15) is 59.8 Å². The van der Waals surface area contributed by atoms with Crippen LogP contribution in [0, 0.1) is 0 Å². The molecule has 3 aromatic heterocycles. The molecule has 1 fully saturated rings. The fourth-order valence-corrected chi connectivity index (χ4v) is 3.71. The first-order valence-corrected chi connectivity index (χ1v) is 9.57. The zero-order valence-electron chi connectivity index (χ0n) is 15.9. The number of pyridine rings is 1. The number of nitrogens with zero attached hydrogens (tertiary/aromatic N) is 5. The van der Waals surface area contributed by atoms with Crippen LogP contribution in [-0.2, 0) is 12.6 Å². The molecule has 0 bridgehead atoms. The summed E-state index contributed by atoms with van der Waals surface area (Å²) >= 11 is 0. The number of fused-ring (bicyclic) bond motifs is 1. The Morgan fingerprint density at radius 3 is 2.76 bits per heavy atom. The summed E-state index contributed by atoms with van der Waals surface area (Å²) in [5, 5.41) is 4.22. The molecule has 1 atom stereocenters. The van der Waals surface area contributed by atoms with E-state index in [1.807, 2.05) is 0 Å². The second-order valence-corrected chi connectivity index (χ2v) is 7.05. The average Bonchev–Trinajstić information content (AvgIpc) is 3.16. The summed E-state index contributed by atoms with van der Waals surface area (Å²) < 4.78 is 41.5. The van der Waals surface area contributed by atoms with Gasteiger partial charge in [-0.15, -0.1) is 0 Å². The summed E-state index contributed by atoms with van der Waals surface area (Å²) in [6, 6.07) is 7.27. The van der Waals surface area contributed by atoms with E-state index in [0.29, 0.717) is 36.5 Å². The minimum absolute atomic E-state index is 0.141. The quantitative estimate of drug-likeness (QED) is 0.661. The van der Waals surface area contributed by atoms with Gasteiger partial charge in [0.15, 0.2) is 5.65 Å². The number of carbonyl (C=O) groups excluding carboxylic acids is 1. The van der Waals surface area contributed by atoms with Gasteiger partial charge in [-0.25, -0.2) is 9.50 Å². The molecule has 1 saturated heterocycles. The molecule has 6 nitrogen and oxygen atoms in total. The van der Waals surface area contributed by atoms with Gasteiger partial charge in [0.1, 0.15) is 11.4 Å². The van der Waals surface area contributed by atoms with Gasteiger partial charge in [0.05, 0.1) is 11.7 Å². The Balaban J connectivity index is 1.77. The number of aromatic nitrogens is 4. The van der Waals surface area contributed by atoms with Gasteiger partial charge in [-0.2, -0.15) is 18.3 Å². The molecule has 0 spiro atoms. The number of halogens is 3. The minimum Gasteiger partial charge on any atom is -0.329 e. The van der Waals surface area contributed by atoms with Gasteiger partial charge >= 0.3 is 6.18 Å². The number of amides is 1. The van der Waals surface area contributed by atoms with E-state index in [4.69, 9.17) is 0 Å². The lowest BCUT2D eigenvalue weighted by Gasteiger charge is -2.34.